The lowest BCUT2D eigenvalue weighted by molar-refractivity contribution is 0.203. The zero-order chi connectivity index (χ0) is 15.0. The van der Waals surface area contributed by atoms with E-state index in [1.807, 2.05) is 7.05 Å². The van der Waals surface area contributed by atoms with Gasteiger partial charge in [-0.3, -0.25) is 0 Å². The Morgan fingerprint density at radius 3 is 2.65 bits per heavy atom. The number of methoxy groups -OCH3 is 1. The second-order valence-electron chi connectivity index (χ2n) is 5.15. The van der Waals surface area contributed by atoms with E-state index >= 15 is 0 Å². The van der Waals surface area contributed by atoms with Gasteiger partial charge in [0.1, 0.15) is 5.82 Å². The largest absolute Gasteiger partial charge is 0.383 e. The van der Waals surface area contributed by atoms with Gasteiger partial charge >= 0.3 is 0 Å². The number of ether oxygens (including phenoxy) is 1. The van der Waals surface area contributed by atoms with Crippen LogP contribution in [0.3, 0.4) is 0 Å². The van der Waals surface area contributed by atoms with Crippen LogP contribution in [-0.4, -0.2) is 38.3 Å². The predicted molar refractivity (Wildman–Crippen MR) is 85.4 cm³/mol. The molecule has 4 heteroatoms. The second kappa shape index (κ2) is 8.93. The molecule has 0 aliphatic carbocycles. The van der Waals surface area contributed by atoms with Crippen molar-refractivity contribution in [3.8, 4) is 0 Å². The lowest BCUT2D eigenvalue weighted by atomic mass is 10.1. The summed E-state index contributed by atoms with van der Waals surface area (Å²) in [4.78, 5) is 7.15. The van der Waals surface area contributed by atoms with Crippen molar-refractivity contribution < 1.29 is 4.74 Å². The van der Waals surface area contributed by atoms with Crippen LogP contribution in [0.25, 0.3) is 0 Å². The molecule has 0 fully saturated rings. The molecule has 114 valence electrons. The van der Waals surface area contributed by atoms with E-state index in [1.54, 1.807) is 7.11 Å². The molecule has 1 rings (SSSR count). The van der Waals surface area contributed by atoms with Crippen molar-refractivity contribution in [1.82, 2.24) is 10.3 Å². The molecule has 0 saturated carbocycles. The number of hydrogen-bond acceptors (Lipinski definition) is 4. The Kier molecular flexibility index (Phi) is 7.55. The van der Waals surface area contributed by atoms with Gasteiger partial charge < -0.3 is 15.0 Å². The fourth-order valence-electron chi connectivity index (χ4n) is 2.24. The molecule has 4 nitrogen and oxygen atoms in total. The van der Waals surface area contributed by atoms with E-state index < -0.39 is 0 Å². The third kappa shape index (κ3) is 4.76. The minimum Gasteiger partial charge on any atom is -0.383 e. The fraction of sp³-hybridized carbons (Fsp3) is 0.688. The monoisotopic (exact) mass is 279 g/mol. The summed E-state index contributed by atoms with van der Waals surface area (Å²) in [5.41, 5.74) is 2.44. The first-order chi connectivity index (χ1) is 9.65. The van der Waals surface area contributed by atoms with Gasteiger partial charge in [0.15, 0.2) is 0 Å². The first-order valence-electron chi connectivity index (χ1n) is 7.56. The van der Waals surface area contributed by atoms with Crippen molar-refractivity contribution in [2.45, 2.75) is 46.2 Å². The Labute approximate surface area is 123 Å². The fourth-order valence-corrected chi connectivity index (χ4v) is 2.24. The third-order valence-corrected chi connectivity index (χ3v) is 3.62. The van der Waals surface area contributed by atoms with E-state index in [2.05, 4.69) is 43.1 Å². The Balaban J connectivity index is 3.06. The van der Waals surface area contributed by atoms with Gasteiger partial charge in [0.2, 0.25) is 0 Å². The van der Waals surface area contributed by atoms with Crippen LogP contribution < -0.4 is 10.2 Å². The summed E-state index contributed by atoms with van der Waals surface area (Å²) in [6, 6.07) is 4.84. The molecule has 1 atom stereocenters. The summed E-state index contributed by atoms with van der Waals surface area (Å²) in [5.74, 6) is 1.07. The van der Waals surface area contributed by atoms with E-state index in [1.165, 1.54) is 5.56 Å². The summed E-state index contributed by atoms with van der Waals surface area (Å²) in [5, 5.41) is 3.22. The van der Waals surface area contributed by atoms with Crippen molar-refractivity contribution in [2.24, 2.45) is 0 Å². The van der Waals surface area contributed by atoms with E-state index in [0.29, 0.717) is 6.04 Å². The van der Waals surface area contributed by atoms with Gasteiger partial charge in [-0.25, -0.2) is 4.98 Å². The van der Waals surface area contributed by atoms with Crippen LogP contribution in [0.4, 0.5) is 5.82 Å². The molecule has 0 aromatic carbocycles. The Hall–Kier alpha value is -1.13. The summed E-state index contributed by atoms with van der Waals surface area (Å²) in [7, 11) is 3.72. The van der Waals surface area contributed by atoms with E-state index in [9.17, 15) is 0 Å². The highest BCUT2D eigenvalue weighted by Gasteiger charge is 2.15. The van der Waals surface area contributed by atoms with Crippen molar-refractivity contribution in [2.75, 3.05) is 32.2 Å². The van der Waals surface area contributed by atoms with Crippen LogP contribution in [0.1, 0.15) is 38.4 Å². The second-order valence-corrected chi connectivity index (χ2v) is 5.15. The predicted octanol–water partition coefficient (Wildman–Crippen LogP) is 2.61. The number of aryl methyl sites for hydroxylation is 1. The summed E-state index contributed by atoms with van der Waals surface area (Å²) < 4.78 is 5.24. The molecule has 0 spiro atoms. The Bertz CT molecular complexity index is 395. The number of nitrogens with one attached hydrogen (secondary N) is 1. The number of pyridine rings is 1. The van der Waals surface area contributed by atoms with Crippen molar-refractivity contribution in [1.29, 1.82) is 0 Å². The molecule has 0 saturated heterocycles. The van der Waals surface area contributed by atoms with Gasteiger partial charge in [-0.1, -0.05) is 13.8 Å². The van der Waals surface area contributed by atoms with Crippen LogP contribution in [0.2, 0.25) is 0 Å². The third-order valence-electron chi connectivity index (χ3n) is 3.62. The van der Waals surface area contributed by atoms with Gasteiger partial charge in [0.05, 0.1) is 6.61 Å². The highest BCUT2D eigenvalue weighted by atomic mass is 16.5. The molecular formula is C16H29N3O. The number of hydrogen-bond donors (Lipinski definition) is 1. The van der Waals surface area contributed by atoms with Crippen LogP contribution in [0, 0.1) is 0 Å². The van der Waals surface area contributed by atoms with E-state index in [0.717, 1.165) is 44.0 Å². The maximum absolute atomic E-state index is 5.24. The van der Waals surface area contributed by atoms with Gasteiger partial charge in [0, 0.05) is 31.9 Å². The van der Waals surface area contributed by atoms with Crippen molar-refractivity contribution in [3.63, 3.8) is 0 Å². The minimum absolute atomic E-state index is 0.465. The SMILES string of the molecule is CCc1cc(CNC)cc(N(CCOC)C(C)CC)n1. The first-order valence-corrected chi connectivity index (χ1v) is 7.56. The lowest BCUT2D eigenvalue weighted by Crippen LogP contribution is -2.36. The minimum atomic E-state index is 0.465. The molecule has 1 heterocycles. The first kappa shape index (κ1) is 16.9. The van der Waals surface area contributed by atoms with Gasteiger partial charge in [-0.15, -0.1) is 0 Å². The standard InChI is InChI=1S/C16H29N3O/c1-6-13(3)19(8-9-20-5)16-11-14(12-17-4)10-15(7-2)18-16/h10-11,13,17H,6-9,12H2,1-5H3. The number of nitrogens with zero attached hydrogens (tertiary/aromatic N) is 2. The van der Waals surface area contributed by atoms with Gasteiger partial charge in [-0.05, 0) is 44.5 Å². The van der Waals surface area contributed by atoms with Crippen LogP contribution in [0.5, 0.6) is 0 Å². The maximum atomic E-state index is 5.24. The van der Waals surface area contributed by atoms with Gasteiger partial charge in [0.25, 0.3) is 0 Å². The zero-order valence-corrected chi connectivity index (χ0v) is 13.6. The molecule has 0 radical (unpaired) electrons. The molecule has 0 bridgehead atoms. The Morgan fingerprint density at radius 2 is 2.10 bits per heavy atom. The quantitative estimate of drug-likeness (QED) is 0.754. The van der Waals surface area contributed by atoms with Crippen molar-refractivity contribution in [3.05, 3.63) is 23.4 Å². The number of aromatic nitrogens is 1. The highest BCUT2D eigenvalue weighted by Crippen LogP contribution is 2.19. The normalized spacial score (nSPS) is 12.4. The molecule has 1 unspecified atom stereocenters. The van der Waals surface area contributed by atoms with Crippen LogP contribution in [-0.2, 0) is 17.7 Å². The number of anilines is 1. The highest BCUT2D eigenvalue weighted by molar-refractivity contribution is 5.44. The molecule has 0 aliphatic rings. The molecule has 20 heavy (non-hydrogen) atoms. The Morgan fingerprint density at radius 1 is 1.35 bits per heavy atom. The average molecular weight is 279 g/mol. The average Bonchev–Trinajstić information content (AvgIpc) is 2.47. The zero-order valence-electron chi connectivity index (χ0n) is 13.6. The summed E-state index contributed by atoms with van der Waals surface area (Å²) in [6.07, 6.45) is 2.06. The van der Waals surface area contributed by atoms with E-state index in [-0.39, 0.29) is 0 Å². The van der Waals surface area contributed by atoms with E-state index in [4.69, 9.17) is 9.72 Å². The molecule has 1 aromatic heterocycles. The maximum Gasteiger partial charge on any atom is 0.129 e. The molecule has 1 N–H and O–H groups in total. The molecule has 1 aromatic rings. The molecule has 0 aliphatic heterocycles. The smallest absolute Gasteiger partial charge is 0.129 e. The summed E-state index contributed by atoms with van der Waals surface area (Å²) in [6.45, 7) is 9.09. The lowest BCUT2D eigenvalue weighted by Gasteiger charge is -2.30. The molecule has 0 amide bonds. The van der Waals surface area contributed by atoms with Gasteiger partial charge in [-0.2, -0.15) is 0 Å². The van der Waals surface area contributed by atoms with Crippen LogP contribution in [0.15, 0.2) is 12.1 Å². The number of rotatable bonds is 9. The van der Waals surface area contributed by atoms with Crippen LogP contribution >= 0.6 is 0 Å². The topological polar surface area (TPSA) is 37.4 Å². The summed E-state index contributed by atoms with van der Waals surface area (Å²) >= 11 is 0. The van der Waals surface area contributed by atoms with Crippen molar-refractivity contribution >= 4 is 5.82 Å². The molecular weight excluding hydrogens is 250 g/mol.